The van der Waals surface area contributed by atoms with Gasteiger partial charge in [0.25, 0.3) is 0 Å². The molecule has 5 nitrogen and oxygen atoms in total. The summed E-state index contributed by atoms with van der Waals surface area (Å²) in [4.78, 5) is 12.8. The van der Waals surface area contributed by atoms with E-state index >= 15 is 0 Å². The van der Waals surface area contributed by atoms with Crippen molar-refractivity contribution in [2.24, 2.45) is 0 Å². The van der Waals surface area contributed by atoms with Crippen molar-refractivity contribution in [2.45, 2.75) is 38.5 Å². The van der Waals surface area contributed by atoms with Crippen molar-refractivity contribution >= 4 is 40.0 Å². The van der Waals surface area contributed by atoms with Gasteiger partial charge in [0.1, 0.15) is 0 Å². The second-order valence-electron chi connectivity index (χ2n) is 7.37. The molecule has 7 heteroatoms. The van der Waals surface area contributed by atoms with Crippen LogP contribution in [0.5, 0.6) is 0 Å². The topological polar surface area (TPSA) is 60.0 Å². The molecule has 0 aliphatic heterocycles. The van der Waals surface area contributed by atoms with Crippen molar-refractivity contribution in [1.82, 2.24) is 9.13 Å². The Hall–Kier alpha value is -2.34. The quantitative estimate of drug-likeness (QED) is 0.400. The molecule has 0 fully saturated rings. The van der Waals surface area contributed by atoms with Gasteiger partial charge in [0, 0.05) is 17.1 Å². The first-order valence-corrected chi connectivity index (χ1v) is 10.8. The number of para-hydroxylation sites is 1. The van der Waals surface area contributed by atoms with Gasteiger partial charge in [-0.1, -0.05) is 41.4 Å². The Labute approximate surface area is 185 Å². The lowest BCUT2D eigenvalue weighted by Crippen LogP contribution is -2.29. The molecular weight excluding hydrogens is 421 g/mol. The van der Waals surface area contributed by atoms with E-state index in [1.54, 1.807) is 34.9 Å². The monoisotopic (exact) mass is 443 g/mol. The number of carbonyl (C=O) groups excluding carboxylic acids is 1. The van der Waals surface area contributed by atoms with Gasteiger partial charge in [-0.2, -0.15) is 0 Å². The molecule has 0 spiro atoms. The predicted molar refractivity (Wildman–Crippen MR) is 119 cm³/mol. The number of ether oxygens (including phenoxy) is 1. The van der Waals surface area contributed by atoms with E-state index in [0.29, 0.717) is 28.8 Å². The number of nitrogens with zero attached hydrogens (tertiary/aromatic N) is 2. The van der Waals surface area contributed by atoms with E-state index in [-0.39, 0.29) is 24.1 Å². The van der Waals surface area contributed by atoms with E-state index in [4.69, 9.17) is 33.3 Å². The normalized spacial score (nSPS) is 16.3. The molecule has 1 atom stereocenters. The number of aromatic nitrogens is 2. The minimum atomic E-state index is -0.0900. The number of hydrogen-bond donors (Lipinski definition) is 1. The molecule has 1 aliphatic carbocycles. The Morgan fingerprint density at radius 1 is 1.13 bits per heavy atom. The summed E-state index contributed by atoms with van der Waals surface area (Å²) >= 11 is 12.4. The fourth-order valence-corrected chi connectivity index (χ4v) is 4.22. The lowest BCUT2D eigenvalue weighted by atomic mass is 10.1. The minimum Gasteiger partial charge on any atom is -0.372 e. The molecule has 0 saturated heterocycles. The zero-order valence-corrected chi connectivity index (χ0v) is 18.0. The fraction of sp³-hybridized carbons (Fsp3) is 0.304. The number of rotatable bonds is 7. The van der Waals surface area contributed by atoms with Crippen molar-refractivity contribution in [2.75, 3.05) is 6.61 Å². The van der Waals surface area contributed by atoms with E-state index in [0.717, 1.165) is 30.3 Å². The van der Waals surface area contributed by atoms with Crippen LogP contribution < -0.4 is 5.62 Å². The van der Waals surface area contributed by atoms with Crippen molar-refractivity contribution in [3.8, 4) is 0 Å². The van der Waals surface area contributed by atoms with E-state index in [1.807, 2.05) is 16.7 Å². The highest BCUT2D eigenvalue weighted by Crippen LogP contribution is 2.23. The van der Waals surface area contributed by atoms with Gasteiger partial charge in [-0.3, -0.25) is 10.2 Å². The van der Waals surface area contributed by atoms with E-state index < -0.39 is 0 Å². The SMILES string of the molecule is N=c1n(CC(=O)c2ccc(Cl)cc2)c2cccc(Cl)c2n1CCOC1C=CCCC1. The first-order chi connectivity index (χ1) is 14.5. The molecule has 1 unspecified atom stereocenters. The molecule has 2 aromatic carbocycles. The smallest absolute Gasteiger partial charge is 0.203 e. The number of fused-ring (bicyclic) bond motifs is 1. The molecule has 0 amide bonds. The van der Waals surface area contributed by atoms with Crippen LogP contribution in [0.25, 0.3) is 11.0 Å². The Morgan fingerprint density at radius 3 is 2.67 bits per heavy atom. The molecule has 0 saturated carbocycles. The van der Waals surface area contributed by atoms with Crippen LogP contribution in [-0.4, -0.2) is 27.6 Å². The third-order valence-electron chi connectivity index (χ3n) is 5.36. The van der Waals surface area contributed by atoms with Crippen LogP contribution >= 0.6 is 23.2 Å². The summed E-state index contributed by atoms with van der Waals surface area (Å²) in [5.41, 5.74) is 2.29. The Bertz CT molecular complexity index is 1150. The Kier molecular flexibility index (Phi) is 6.42. The van der Waals surface area contributed by atoms with Gasteiger partial charge < -0.3 is 13.9 Å². The Morgan fingerprint density at radius 2 is 1.93 bits per heavy atom. The number of nitrogens with one attached hydrogen (secondary N) is 1. The largest absolute Gasteiger partial charge is 0.372 e. The standard InChI is InChI=1S/C23H23Cl2N3O2/c24-17-11-9-16(10-12-17)21(29)15-28-20-8-4-7-19(25)22(20)27(23(28)26)13-14-30-18-5-2-1-3-6-18/h2,4-5,7-12,18,26H,1,3,6,13-15H2. The van der Waals surface area contributed by atoms with Gasteiger partial charge >= 0.3 is 0 Å². The van der Waals surface area contributed by atoms with Gasteiger partial charge in [-0.15, -0.1) is 0 Å². The summed E-state index contributed by atoms with van der Waals surface area (Å²) in [7, 11) is 0. The van der Waals surface area contributed by atoms with E-state index in [9.17, 15) is 4.79 Å². The first kappa shape index (κ1) is 20.9. The number of imidazole rings is 1. The average molecular weight is 444 g/mol. The van der Waals surface area contributed by atoms with Gasteiger partial charge in [-0.05, 0) is 55.7 Å². The number of benzene rings is 2. The zero-order valence-electron chi connectivity index (χ0n) is 16.5. The molecule has 4 rings (SSSR count). The second-order valence-corrected chi connectivity index (χ2v) is 8.21. The molecule has 1 aromatic heterocycles. The van der Waals surface area contributed by atoms with Crippen molar-refractivity contribution in [1.29, 1.82) is 5.41 Å². The number of carbonyl (C=O) groups is 1. The first-order valence-electron chi connectivity index (χ1n) is 10.0. The highest BCUT2D eigenvalue weighted by molar-refractivity contribution is 6.35. The van der Waals surface area contributed by atoms with Crippen LogP contribution in [0.15, 0.2) is 54.6 Å². The second kappa shape index (κ2) is 9.21. The van der Waals surface area contributed by atoms with Crippen LogP contribution in [0.4, 0.5) is 0 Å². The maximum atomic E-state index is 12.8. The van der Waals surface area contributed by atoms with Crippen molar-refractivity contribution in [3.63, 3.8) is 0 Å². The van der Waals surface area contributed by atoms with Crippen molar-refractivity contribution < 1.29 is 9.53 Å². The molecular formula is C23H23Cl2N3O2. The van der Waals surface area contributed by atoms with E-state index in [1.165, 1.54) is 0 Å². The van der Waals surface area contributed by atoms with Crippen LogP contribution in [0.2, 0.25) is 10.0 Å². The highest BCUT2D eigenvalue weighted by atomic mass is 35.5. The molecule has 1 heterocycles. The number of halogens is 2. The van der Waals surface area contributed by atoms with Crippen LogP contribution in [0, 0.1) is 5.41 Å². The van der Waals surface area contributed by atoms with E-state index in [2.05, 4.69) is 12.2 Å². The maximum absolute atomic E-state index is 12.8. The van der Waals surface area contributed by atoms with Gasteiger partial charge in [0.2, 0.25) is 5.62 Å². The summed E-state index contributed by atoms with van der Waals surface area (Å²) in [6, 6.07) is 12.3. The predicted octanol–water partition coefficient (Wildman–Crippen LogP) is 5.24. The summed E-state index contributed by atoms with van der Waals surface area (Å²) in [6.45, 7) is 1.02. The zero-order chi connectivity index (χ0) is 21.1. The van der Waals surface area contributed by atoms with Crippen LogP contribution in [-0.2, 0) is 17.8 Å². The number of ketones is 1. The van der Waals surface area contributed by atoms with Crippen LogP contribution in [0.1, 0.15) is 29.6 Å². The van der Waals surface area contributed by atoms with Crippen molar-refractivity contribution in [3.05, 3.63) is 75.8 Å². The third-order valence-corrected chi connectivity index (χ3v) is 5.92. The van der Waals surface area contributed by atoms with Crippen LogP contribution in [0.3, 0.4) is 0 Å². The molecule has 0 radical (unpaired) electrons. The lowest BCUT2D eigenvalue weighted by Gasteiger charge is -2.17. The maximum Gasteiger partial charge on any atom is 0.203 e. The summed E-state index contributed by atoms with van der Waals surface area (Å²) in [5, 5.41) is 9.84. The van der Waals surface area contributed by atoms with Gasteiger partial charge in [0.05, 0.1) is 35.3 Å². The summed E-state index contributed by atoms with van der Waals surface area (Å²) < 4.78 is 9.49. The molecule has 0 bridgehead atoms. The number of allylic oxidation sites excluding steroid dienone is 1. The average Bonchev–Trinajstić information content (AvgIpc) is 3.02. The Balaban J connectivity index is 1.61. The van der Waals surface area contributed by atoms with Gasteiger partial charge in [-0.25, -0.2) is 0 Å². The number of hydrogen-bond acceptors (Lipinski definition) is 3. The molecule has 1 aliphatic rings. The summed E-state index contributed by atoms with van der Waals surface area (Å²) in [6.07, 6.45) is 7.65. The molecule has 3 aromatic rings. The molecule has 1 N–H and O–H groups in total. The number of Topliss-reactive ketones (excluding diaryl/α,β-unsaturated/α-hetero) is 1. The van der Waals surface area contributed by atoms with Gasteiger partial charge in [0.15, 0.2) is 5.78 Å². The fourth-order valence-electron chi connectivity index (χ4n) is 3.82. The highest BCUT2D eigenvalue weighted by Gasteiger charge is 2.17. The molecule has 156 valence electrons. The molecule has 30 heavy (non-hydrogen) atoms. The third kappa shape index (κ3) is 4.38. The summed E-state index contributed by atoms with van der Waals surface area (Å²) in [5.74, 6) is -0.0900. The lowest BCUT2D eigenvalue weighted by molar-refractivity contribution is 0.0692. The minimum absolute atomic E-state index is 0.0521.